The van der Waals surface area contributed by atoms with Crippen LogP contribution in [0.3, 0.4) is 0 Å². The minimum absolute atomic E-state index is 0. The number of carbonyl (C=O) groups is 2. The zero-order valence-corrected chi connectivity index (χ0v) is 61.2. The fourth-order valence-corrected chi connectivity index (χ4v) is 14.7. The second-order valence-electron chi connectivity index (χ2n) is 22.9. The normalized spacial score (nSPS) is 15.0. The van der Waals surface area contributed by atoms with Gasteiger partial charge in [-0.3, -0.25) is 24.6 Å². The molecule has 0 spiro atoms. The minimum atomic E-state index is -3.56. The molecule has 25 nitrogen and oxygen atoms in total. The number of aliphatic hydroxyl groups excluding tert-OH is 1. The van der Waals surface area contributed by atoms with Crippen LogP contribution >= 0.6 is 45.5 Å². The molecule has 0 saturated carbocycles. The molecule has 1 saturated heterocycles. The monoisotopic (exact) mass is 1540 g/mol. The average molecular weight is 1550 g/mol. The Morgan fingerprint density at radius 1 is 0.539 bits per heavy atom. The Morgan fingerprint density at radius 2 is 0.912 bits per heavy atom. The molecule has 7 aliphatic heterocycles. The molecule has 0 bridgehead atoms. The average Bonchev–Trinajstić information content (AvgIpc) is 1.65. The van der Waals surface area contributed by atoms with Crippen LogP contribution < -0.4 is 38.8 Å². The van der Waals surface area contributed by atoms with Crippen LogP contribution in [-0.4, -0.2) is 201 Å². The molecule has 0 atom stereocenters. The van der Waals surface area contributed by atoms with Gasteiger partial charge in [0.05, 0.1) is 108 Å². The number of methoxy groups -OCH3 is 2. The first-order chi connectivity index (χ1) is 48.0. The van der Waals surface area contributed by atoms with E-state index in [2.05, 4.69) is 44.3 Å². The summed E-state index contributed by atoms with van der Waals surface area (Å²) in [5.74, 6) is 3.32. The van der Waals surface area contributed by atoms with Crippen LogP contribution in [0.4, 0.5) is 22.7 Å². The van der Waals surface area contributed by atoms with E-state index in [4.69, 9.17) is 75.3 Å². The molecule has 13 rings (SSSR count). The van der Waals surface area contributed by atoms with Crippen molar-refractivity contribution >= 4 is 163 Å². The Bertz CT molecular complexity index is 4520. The summed E-state index contributed by atoms with van der Waals surface area (Å²) < 4.78 is 101. The van der Waals surface area contributed by atoms with E-state index < -0.39 is 40.7 Å². The minimum Gasteiger partial charge on any atom is -1.00 e. The van der Waals surface area contributed by atoms with Gasteiger partial charge in [0.25, 0.3) is 0 Å². The third-order valence-corrected chi connectivity index (χ3v) is 21.1. The van der Waals surface area contributed by atoms with Crippen LogP contribution in [-0.2, 0) is 64.0 Å². The first-order valence-corrected chi connectivity index (χ1v) is 39.0. The summed E-state index contributed by atoms with van der Waals surface area (Å²) in [5, 5.41) is 9.77. The Kier molecular flexibility index (Phi) is 31.6. The van der Waals surface area contributed by atoms with Gasteiger partial charge in [0.2, 0.25) is 9.05 Å². The number of nitrogen functional groups attached to an aromatic ring is 1. The summed E-state index contributed by atoms with van der Waals surface area (Å²) in [6, 6.07) is 32.2. The number of anilines is 1. The van der Waals surface area contributed by atoms with Gasteiger partial charge in [0.15, 0.2) is 37.0 Å². The number of sulfone groups is 2. The number of aliphatic imine (C=N–C) groups is 6. The molecule has 7 aliphatic rings. The maximum atomic E-state index is 12.4. The van der Waals surface area contributed by atoms with Gasteiger partial charge in [-0.2, -0.15) is 0 Å². The van der Waals surface area contributed by atoms with Gasteiger partial charge < -0.3 is 55.4 Å². The first-order valence-electron chi connectivity index (χ1n) is 31.8. The number of esters is 2. The summed E-state index contributed by atoms with van der Waals surface area (Å²) in [5.41, 5.74) is 12.5. The van der Waals surface area contributed by atoms with Crippen molar-refractivity contribution in [2.75, 3.05) is 96.3 Å². The van der Waals surface area contributed by atoms with E-state index in [0.29, 0.717) is 56.3 Å². The van der Waals surface area contributed by atoms with Gasteiger partial charge >= 0.3 is 30.8 Å². The van der Waals surface area contributed by atoms with Gasteiger partial charge in [-0.25, -0.2) is 40.2 Å². The van der Waals surface area contributed by atoms with Gasteiger partial charge in [-0.1, -0.05) is 65.1 Å². The third-order valence-electron chi connectivity index (χ3n) is 15.5. The van der Waals surface area contributed by atoms with Crippen molar-refractivity contribution in [1.29, 1.82) is 0 Å². The molecule has 1 fully saturated rings. The van der Waals surface area contributed by atoms with Crippen molar-refractivity contribution in [3.05, 3.63) is 152 Å². The molecule has 3 N–H and O–H groups in total. The van der Waals surface area contributed by atoms with Gasteiger partial charge in [-0.15, -0.1) is 0 Å². The number of aliphatic hydroxyl groups is 1. The van der Waals surface area contributed by atoms with E-state index in [1.165, 1.54) is 27.1 Å². The topological polar surface area (TPSA) is 322 Å². The number of rotatable bonds is 19. The number of fused-ring (bicyclic) bond motifs is 9. The second-order valence-corrected chi connectivity index (χ2v) is 31.3. The fraction of sp³-hybridized carbons (Fsp3) is 0.353. The maximum absolute atomic E-state index is 12.4. The SMILES string of the molecule is C1CCOC1.COC(=O)CCS(=O)(=O)Cc1cccc(Oc2ccc3c(c2)C2=NCCCN2C=N3)c1Cl.COC(=O)CCS(=O)(=O)Cl.Nc1cccc(Oc2ccc3c(c2)C2=NCCCN2C=N3)c1Cl.O=S(=O)(CCCO)Cc1cccc(Oc2ccc3c(c2)C2=NCCCN2C=N3)c1Cl.[AlH3].[H-].[Li+]. The van der Waals surface area contributed by atoms with Crippen LogP contribution in [0.5, 0.6) is 34.5 Å². The van der Waals surface area contributed by atoms with Crippen molar-refractivity contribution in [3.8, 4) is 34.5 Å². The van der Waals surface area contributed by atoms with Crippen LogP contribution in [0, 0.1) is 0 Å². The molecule has 0 aromatic heterocycles. The van der Waals surface area contributed by atoms with Crippen LogP contribution in [0.25, 0.3) is 0 Å². The predicted octanol–water partition coefficient (Wildman–Crippen LogP) is 7.98. The molecule has 0 amide bonds. The molecule has 6 aromatic rings. The second kappa shape index (κ2) is 39.2. The quantitative estimate of drug-likeness (QED) is 0.0336. The molecule has 0 aliphatic carbocycles. The van der Waals surface area contributed by atoms with Crippen LogP contribution in [0.2, 0.25) is 15.1 Å². The van der Waals surface area contributed by atoms with Gasteiger partial charge in [0, 0.05) is 86.5 Å². The Hall–Kier alpha value is -7.06. The molecular weight excluding hydrogens is 1470 g/mol. The molecule has 0 unspecified atom stereocenters. The number of amidine groups is 3. The van der Waals surface area contributed by atoms with Crippen LogP contribution in [0.1, 0.15) is 80.6 Å². The number of halogens is 4. The molecule has 34 heteroatoms. The number of ether oxygens (including phenoxy) is 6. The standard InChI is InChI=1S/C22H22ClN3O5S.C21H22ClN3O4S.C17H15ClN4O.C4H7ClO4S.C4H8O.Al.Li.4H/c1-30-20(27)8-11-32(28,29)13-15-4-2-5-19(21(15)23)31-16-6-7-18-17(12-16)22-24-9-3-10-26(22)14-25-18;22-20-15(13-30(27,28)11-3-10-26)4-1-5-19(20)29-16-6-7-18-17(12-16)21-23-8-2-9-25(21)14-24-18;18-16-13(19)3-1-4-15(16)23-11-5-6-14-12(9-11)17-20-7-2-8-22(17)10-21-14;1-9-4(6)2-3-10(5,7)8;1-2-4-5-3-1;;;;;;/h2,4-7,12,14H,3,8-11,13H2,1H3;1,4-7,12,14,26H,2-3,8-11,13H2;1,3-6,9-10H,2,7-8,19H2;2-3H2,1H3;1-4H2;;;;;;/q;;;;;;+1;;;;-1. The zero-order valence-electron chi connectivity index (χ0n) is 56.7. The maximum Gasteiger partial charge on any atom is 1.00 e. The smallest absolute Gasteiger partial charge is 1.00 e. The number of nitrogens with zero attached hydrogens (tertiary/aromatic N) is 9. The van der Waals surface area contributed by atoms with E-state index in [9.17, 15) is 34.8 Å². The number of nitrogens with two attached hydrogens (primary N) is 1. The van der Waals surface area contributed by atoms with Gasteiger partial charge in [0.1, 0.15) is 57.0 Å². The van der Waals surface area contributed by atoms with Crippen molar-refractivity contribution in [2.24, 2.45) is 30.0 Å². The Morgan fingerprint density at radius 3 is 1.27 bits per heavy atom. The van der Waals surface area contributed by atoms with Gasteiger partial charge in [-0.05, 0) is 129 Å². The van der Waals surface area contributed by atoms with E-state index in [1.54, 1.807) is 73.3 Å². The Balaban J connectivity index is 0.000000219. The summed E-state index contributed by atoms with van der Waals surface area (Å²) in [6.45, 7) is 6.91. The summed E-state index contributed by atoms with van der Waals surface area (Å²) in [6.07, 6.45) is 10.8. The van der Waals surface area contributed by atoms with E-state index in [-0.39, 0.29) is 102 Å². The zero-order chi connectivity index (χ0) is 71.4. The predicted molar refractivity (Wildman–Crippen MR) is 402 cm³/mol. The molecule has 6 aromatic carbocycles. The molecule has 540 valence electrons. The number of benzene rings is 6. The van der Waals surface area contributed by atoms with E-state index in [1.807, 2.05) is 64.7 Å². The Labute approximate surface area is 636 Å². The first kappa shape index (κ1) is 82.2. The molecule has 0 radical (unpaired) electrons. The van der Waals surface area contributed by atoms with Crippen molar-refractivity contribution in [2.45, 2.75) is 62.9 Å². The molecular formula is C68H78AlCl4LiN10O15S3. The molecule has 102 heavy (non-hydrogen) atoms. The number of hydrogen-bond donors (Lipinski definition) is 2. The number of carbonyl (C=O) groups excluding carboxylic acids is 2. The van der Waals surface area contributed by atoms with Crippen molar-refractivity contribution < 1.29 is 88.7 Å². The van der Waals surface area contributed by atoms with E-state index in [0.717, 1.165) is 123 Å². The largest absolute Gasteiger partial charge is 1.00 e. The number of hydrogen-bond acceptors (Lipinski definition) is 25. The third kappa shape index (κ3) is 23.7. The summed E-state index contributed by atoms with van der Waals surface area (Å²) in [7, 11) is -3.28. The van der Waals surface area contributed by atoms with E-state index >= 15 is 0 Å². The van der Waals surface area contributed by atoms with Crippen molar-refractivity contribution in [3.63, 3.8) is 0 Å². The summed E-state index contributed by atoms with van der Waals surface area (Å²) in [4.78, 5) is 55.0. The van der Waals surface area contributed by atoms with Crippen molar-refractivity contribution in [1.82, 2.24) is 14.7 Å². The van der Waals surface area contributed by atoms with Crippen LogP contribution in [0.15, 0.2) is 139 Å². The molecule has 7 heterocycles. The summed E-state index contributed by atoms with van der Waals surface area (Å²) >= 11 is 19.1. The fourth-order valence-electron chi connectivity index (χ4n) is 10.5.